The average Bonchev–Trinajstić information content (AvgIpc) is 2.88. The van der Waals surface area contributed by atoms with E-state index in [4.69, 9.17) is 5.11 Å². The molecule has 0 aromatic heterocycles. The normalized spacial score (nSPS) is 22.9. The molecule has 0 heterocycles. The van der Waals surface area contributed by atoms with E-state index in [2.05, 4.69) is 5.32 Å². The molecule has 0 aliphatic heterocycles. The highest BCUT2D eigenvalue weighted by atomic mass is 16.4. The fourth-order valence-electron chi connectivity index (χ4n) is 1.76. The molecule has 4 heteroatoms. The van der Waals surface area contributed by atoms with Crippen LogP contribution in [0.15, 0.2) is 0 Å². The van der Waals surface area contributed by atoms with Crippen molar-refractivity contribution in [1.29, 1.82) is 0 Å². The molecule has 78 valence electrons. The summed E-state index contributed by atoms with van der Waals surface area (Å²) < 4.78 is 0. The summed E-state index contributed by atoms with van der Waals surface area (Å²) in [7, 11) is 0. The van der Waals surface area contributed by atoms with Crippen molar-refractivity contribution >= 4 is 11.9 Å². The van der Waals surface area contributed by atoms with Crippen LogP contribution < -0.4 is 5.32 Å². The lowest BCUT2D eigenvalue weighted by Gasteiger charge is -2.11. The van der Waals surface area contributed by atoms with Crippen LogP contribution in [0, 0.1) is 5.41 Å². The van der Waals surface area contributed by atoms with Crippen LogP contribution in [-0.4, -0.2) is 23.0 Å². The van der Waals surface area contributed by atoms with Gasteiger partial charge in [0, 0.05) is 12.5 Å². The molecule has 0 bridgehead atoms. The second-order valence-electron chi connectivity index (χ2n) is 4.59. The molecule has 2 aliphatic carbocycles. The fourth-order valence-corrected chi connectivity index (χ4v) is 1.76. The number of nitrogens with one attached hydrogen (secondary N) is 1. The Morgan fingerprint density at radius 1 is 1.29 bits per heavy atom. The van der Waals surface area contributed by atoms with Crippen molar-refractivity contribution in [2.75, 3.05) is 0 Å². The van der Waals surface area contributed by atoms with E-state index in [0.717, 1.165) is 25.7 Å². The molecule has 2 fully saturated rings. The average molecular weight is 197 g/mol. The third-order valence-electron chi connectivity index (χ3n) is 2.96. The predicted molar refractivity (Wildman–Crippen MR) is 49.7 cm³/mol. The zero-order valence-electron chi connectivity index (χ0n) is 8.08. The smallest absolute Gasteiger partial charge is 0.303 e. The lowest BCUT2D eigenvalue weighted by Crippen LogP contribution is -2.28. The molecule has 2 aliphatic rings. The van der Waals surface area contributed by atoms with Crippen molar-refractivity contribution in [2.24, 2.45) is 5.41 Å². The van der Waals surface area contributed by atoms with Gasteiger partial charge in [0.2, 0.25) is 5.91 Å². The van der Waals surface area contributed by atoms with Gasteiger partial charge >= 0.3 is 5.97 Å². The Morgan fingerprint density at radius 2 is 1.93 bits per heavy atom. The van der Waals surface area contributed by atoms with Crippen LogP contribution in [0.2, 0.25) is 0 Å². The highest BCUT2D eigenvalue weighted by molar-refractivity contribution is 5.79. The van der Waals surface area contributed by atoms with Crippen LogP contribution >= 0.6 is 0 Å². The lowest BCUT2D eigenvalue weighted by molar-refractivity contribution is -0.138. The summed E-state index contributed by atoms with van der Waals surface area (Å²) in [6, 6.07) is 0.378. The maximum Gasteiger partial charge on any atom is 0.303 e. The molecule has 0 spiro atoms. The third kappa shape index (κ3) is 2.47. The van der Waals surface area contributed by atoms with Gasteiger partial charge in [-0.3, -0.25) is 9.59 Å². The maximum atomic E-state index is 11.4. The first-order valence-electron chi connectivity index (χ1n) is 5.11. The van der Waals surface area contributed by atoms with E-state index in [9.17, 15) is 9.59 Å². The highest BCUT2D eigenvalue weighted by Crippen LogP contribution is 2.51. The third-order valence-corrected chi connectivity index (χ3v) is 2.96. The van der Waals surface area contributed by atoms with Gasteiger partial charge in [-0.2, -0.15) is 0 Å². The number of rotatable bonds is 5. The fraction of sp³-hybridized carbons (Fsp3) is 0.800. The van der Waals surface area contributed by atoms with E-state index >= 15 is 0 Å². The molecular formula is C10H15NO3. The van der Waals surface area contributed by atoms with Gasteiger partial charge in [0.1, 0.15) is 0 Å². The standard InChI is InChI=1S/C10H15NO3/c12-8(11-7-1-2-7)5-10(3-4-10)6-9(13)14/h7H,1-6H2,(H,11,12)(H,13,14). The van der Waals surface area contributed by atoms with Gasteiger partial charge in [-0.25, -0.2) is 0 Å². The van der Waals surface area contributed by atoms with Crippen molar-refractivity contribution in [3.63, 3.8) is 0 Å². The summed E-state index contributed by atoms with van der Waals surface area (Å²) >= 11 is 0. The van der Waals surface area contributed by atoms with Crippen LogP contribution in [0.1, 0.15) is 38.5 Å². The number of carboxylic acid groups (broad SMARTS) is 1. The van der Waals surface area contributed by atoms with E-state index in [1.54, 1.807) is 0 Å². The molecule has 0 aromatic carbocycles. The largest absolute Gasteiger partial charge is 0.481 e. The Hall–Kier alpha value is -1.06. The van der Waals surface area contributed by atoms with Crippen LogP contribution in [0.5, 0.6) is 0 Å². The Bertz CT molecular complexity index is 267. The molecule has 14 heavy (non-hydrogen) atoms. The number of carbonyl (C=O) groups excluding carboxylic acids is 1. The van der Waals surface area contributed by atoms with E-state index < -0.39 is 5.97 Å². The Morgan fingerprint density at radius 3 is 2.36 bits per heavy atom. The Labute approximate surface area is 82.7 Å². The van der Waals surface area contributed by atoms with Crippen molar-refractivity contribution < 1.29 is 14.7 Å². The van der Waals surface area contributed by atoms with Crippen LogP contribution in [0.25, 0.3) is 0 Å². The molecular weight excluding hydrogens is 182 g/mol. The van der Waals surface area contributed by atoms with Crippen molar-refractivity contribution in [3.05, 3.63) is 0 Å². The number of carbonyl (C=O) groups is 2. The lowest BCUT2D eigenvalue weighted by atomic mass is 9.98. The van der Waals surface area contributed by atoms with Gasteiger partial charge in [-0.15, -0.1) is 0 Å². The summed E-state index contributed by atoms with van der Waals surface area (Å²) in [6.45, 7) is 0. The highest BCUT2D eigenvalue weighted by Gasteiger charge is 2.46. The van der Waals surface area contributed by atoms with Crippen molar-refractivity contribution in [3.8, 4) is 0 Å². The first kappa shape index (κ1) is 9.49. The zero-order valence-corrected chi connectivity index (χ0v) is 8.08. The van der Waals surface area contributed by atoms with Gasteiger partial charge in [0.05, 0.1) is 6.42 Å². The summed E-state index contributed by atoms with van der Waals surface area (Å²) in [5.74, 6) is -0.757. The monoisotopic (exact) mass is 197 g/mol. The molecule has 2 N–H and O–H groups in total. The summed E-state index contributed by atoms with van der Waals surface area (Å²) in [5, 5.41) is 11.6. The molecule has 2 rings (SSSR count). The number of amides is 1. The van der Waals surface area contributed by atoms with E-state index in [1.165, 1.54) is 0 Å². The maximum absolute atomic E-state index is 11.4. The Kier molecular flexibility index (Phi) is 2.21. The predicted octanol–water partition coefficient (Wildman–Crippen LogP) is 0.910. The molecule has 0 unspecified atom stereocenters. The van der Waals surface area contributed by atoms with Crippen molar-refractivity contribution in [2.45, 2.75) is 44.6 Å². The minimum Gasteiger partial charge on any atom is -0.481 e. The quantitative estimate of drug-likeness (QED) is 0.688. The summed E-state index contributed by atoms with van der Waals surface area (Å²) in [4.78, 5) is 22.0. The van der Waals surface area contributed by atoms with Crippen LogP contribution in [0.4, 0.5) is 0 Å². The second-order valence-corrected chi connectivity index (χ2v) is 4.59. The minimum absolute atomic E-state index is 0.0336. The number of carboxylic acids is 1. The van der Waals surface area contributed by atoms with Crippen molar-refractivity contribution in [1.82, 2.24) is 5.32 Å². The number of hydrogen-bond acceptors (Lipinski definition) is 2. The second kappa shape index (κ2) is 3.26. The first-order valence-corrected chi connectivity index (χ1v) is 5.11. The summed E-state index contributed by atoms with van der Waals surface area (Å²) in [6.07, 6.45) is 4.48. The number of hydrogen-bond donors (Lipinski definition) is 2. The van der Waals surface area contributed by atoms with Gasteiger partial charge < -0.3 is 10.4 Å². The Balaban J connectivity index is 1.77. The molecule has 0 saturated heterocycles. The minimum atomic E-state index is -0.790. The van der Waals surface area contributed by atoms with Gasteiger partial charge in [-0.1, -0.05) is 0 Å². The summed E-state index contributed by atoms with van der Waals surface area (Å²) in [5.41, 5.74) is -0.204. The zero-order chi connectivity index (χ0) is 10.2. The molecule has 4 nitrogen and oxygen atoms in total. The van der Waals surface area contributed by atoms with E-state index in [1.807, 2.05) is 0 Å². The van der Waals surface area contributed by atoms with Crippen LogP contribution in [-0.2, 0) is 9.59 Å². The molecule has 0 atom stereocenters. The molecule has 2 saturated carbocycles. The van der Waals surface area contributed by atoms with Gasteiger partial charge in [0.15, 0.2) is 0 Å². The molecule has 0 aromatic rings. The molecule has 0 radical (unpaired) electrons. The first-order chi connectivity index (χ1) is 6.60. The molecule has 1 amide bonds. The SMILES string of the molecule is O=C(O)CC1(CC(=O)NC2CC2)CC1. The van der Waals surface area contributed by atoms with Crippen LogP contribution in [0.3, 0.4) is 0 Å². The van der Waals surface area contributed by atoms with Gasteiger partial charge in [0.25, 0.3) is 0 Å². The van der Waals surface area contributed by atoms with E-state index in [-0.39, 0.29) is 17.7 Å². The topological polar surface area (TPSA) is 66.4 Å². The van der Waals surface area contributed by atoms with E-state index in [0.29, 0.717) is 12.5 Å². The number of aliphatic carboxylic acids is 1. The van der Waals surface area contributed by atoms with Gasteiger partial charge in [-0.05, 0) is 31.1 Å².